The van der Waals surface area contributed by atoms with Gasteiger partial charge in [-0.1, -0.05) is 96.4 Å². The molecule has 0 aliphatic heterocycles. The number of allylic oxidation sites excluding steroid dienone is 2. The van der Waals surface area contributed by atoms with E-state index in [1.165, 1.54) is 56.9 Å². The van der Waals surface area contributed by atoms with Crippen LogP contribution in [0.3, 0.4) is 0 Å². The van der Waals surface area contributed by atoms with E-state index in [0.29, 0.717) is 23.0 Å². The molecule has 1 N–H and O–H groups in total. The van der Waals surface area contributed by atoms with Gasteiger partial charge in [0.25, 0.3) is 0 Å². The normalized spacial score (nSPS) is 14.2. The molecule has 178 valence electrons. The van der Waals surface area contributed by atoms with Gasteiger partial charge in [-0.15, -0.1) is 0 Å². The Labute approximate surface area is 194 Å². The summed E-state index contributed by atoms with van der Waals surface area (Å²) in [5.41, 5.74) is 1.59. The molecule has 2 rings (SSSR count). The van der Waals surface area contributed by atoms with Crippen molar-refractivity contribution in [2.75, 3.05) is 0 Å². The largest absolute Gasteiger partial charge is 0.507 e. The van der Waals surface area contributed by atoms with Gasteiger partial charge in [0.2, 0.25) is 0 Å². The molecular weight excluding hydrogens is 396 g/mol. The SMILES string of the molecule is C/C(=C\Cc1c(O)c2ccccc2oc1=O)CCCC(C)CCCC(C)CCCC(C)C. The minimum Gasteiger partial charge on any atom is -0.507 e. The van der Waals surface area contributed by atoms with E-state index in [1.807, 2.05) is 6.07 Å². The monoisotopic (exact) mass is 440 g/mol. The number of fused-ring (bicyclic) bond motifs is 1. The van der Waals surface area contributed by atoms with Gasteiger partial charge in [0.15, 0.2) is 0 Å². The fraction of sp³-hybridized carbons (Fsp3) is 0.621. The van der Waals surface area contributed by atoms with Crippen LogP contribution in [0.15, 0.2) is 45.1 Å². The third-order valence-corrected chi connectivity index (χ3v) is 6.67. The molecule has 2 aromatic rings. The molecule has 0 aliphatic carbocycles. The molecule has 0 radical (unpaired) electrons. The van der Waals surface area contributed by atoms with Crippen molar-refractivity contribution in [3.8, 4) is 5.75 Å². The summed E-state index contributed by atoms with van der Waals surface area (Å²) in [7, 11) is 0. The van der Waals surface area contributed by atoms with Crippen LogP contribution >= 0.6 is 0 Å². The fourth-order valence-corrected chi connectivity index (χ4v) is 4.44. The number of hydrogen-bond acceptors (Lipinski definition) is 3. The average Bonchev–Trinajstić information content (AvgIpc) is 2.73. The molecule has 0 amide bonds. The van der Waals surface area contributed by atoms with Gasteiger partial charge in [-0.2, -0.15) is 0 Å². The minimum atomic E-state index is -0.447. The second kappa shape index (κ2) is 13.5. The van der Waals surface area contributed by atoms with E-state index in [9.17, 15) is 9.90 Å². The van der Waals surface area contributed by atoms with Gasteiger partial charge < -0.3 is 9.52 Å². The zero-order valence-corrected chi connectivity index (χ0v) is 21.0. The van der Waals surface area contributed by atoms with Gasteiger partial charge >= 0.3 is 5.63 Å². The van der Waals surface area contributed by atoms with Crippen LogP contribution in [0.1, 0.15) is 98.0 Å². The van der Waals surface area contributed by atoms with E-state index in [2.05, 4.69) is 40.7 Å². The van der Waals surface area contributed by atoms with Gasteiger partial charge in [0.05, 0.1) is 10.9 Å². The van der Waals surface area contributed by atoms with Crippen LogP contribution in [-0.2, 0) is 6.42 Å². The molecule has 1 heterocycles. The van der Waals surface area contributed by atoms with Crippen molar-refractivity contribution >= 4 is 11.0 Å². The molecular formula is C29H44O3. The molecule has 32 heavy (non-hydrogen) atoms. The maximum Gasteiger partial charge on any atom is 0.343 e. The zero-order valence-electron chi connectivity index (χ0n) is 21.0. The topological polar surface area (TPSA) is 50.4 Å². The van der Waals surface area contributed by atoms with Gasteiger partial charge in [-0.05, 0) is 49.7 Å². The maximum atomic E-state index is 12.3. The molecule has 2 atom stereocenters. The lowest BCUT2D eigenvalue weighted by Gasteiger charge is -2.15. The molecule has 2 unspecified atom stereocenters. The van der Waals surface area contributed by atoms with Gasteiger partial charge in [-0.3, -0.25) is 0 Å². The fourth-order valence-electron chi connectivity index (χ4n) is 4.44. The molecule has 1 aromatic heterocycles. The average molecular weight is 441 g/mol. The van der Waals surface area contributed by atoms with Crippen molar-refractivity contribution in [3.63, 3.8) is 0 Å². The highest BCUT2D eigenvalue weighted by Crippen LogP contribution is 2.27. The molecule has 0 bridgehead atoms. The Hall–Kier alpha value is -2.03. The number of para-hydroxylation sites is 1. The summed E-state index contributed by atoms with van der Waals surface area (Å²) < 4.78 is 5.36. The summed E-state index contributed by atoms with van der Waals surface area (Å²) in [6, 6.07) is 7.11. The van der Waals surface area contributed by atoms with E-state index < -0.39 is 5.63 Å². The summed E-state index contributed by atoms with van der Waals surface area (Å²) in [6.45, 7) is 11.5. The Bertz CT molecular complexity index is 906. The first-order chi connectivity index (χ1) is 15.3. The van der Waals surface area contributed by atoms with E-state index in [-0.39, 0.29) is 5.75 Å². The van der Waals surface area contributed by atoms with Crippen LogP contribution < -0.4 is 5.63 Å². The molecule has 0 aliphatic rings. The van der Waals surface area contributed by atoms with Gasteiger partial charge in [0.1, 0.15) is 11.3 Å². The van der Waals surface area contributed by atoms with Crippen LogP contribution in [0, 0.1) is 17.8 Å². The van der Waals surface area contributed by atoms with Crippen LogP contribution in [0.4, 0.5) is 0 Å². The van der Waals surface area contributed by atoms with Gasteiger partial charge in [0, 0.05) is 6.42 Å². The van der Waals surface area contributed by atoms with E-state index in [4.69, 9.17) is 4.42 Å². The van der Waals surface area contributed by atoms with Crippen molar-refractivity contribution in [3.05, 3.63) is 51.9 Å². The third kappa shape index (κ3) is 8.84. The lowest BCUT2D eigenvalue weighted by molar-refractivity contribution is 0.389. The standard InChI is InChI=1S/C29H44O3/c1-21(2)11-8-12-22(3)13-9-14-23(4)15-10-16-24(5)19-20-26-28(30)25-17-6-7-18-27(25)32-29(26)31/h6-7,17-19,21-23,30H,8-16,20H2,1-5H3/b24-19+. The Morgan fingerprint density at radius 2 is 1.53 bits per heavy atom. The number of benzene rings is 1. The Balaban J connectivity index is 1.70. The van der Waals surface area contributed by atoms with Crippen LogP contribution in [0.2, 0.25) is 0 Å². The van der Waals surface area contributed by atoms with Crippen molar-refractivity contribution in [2.45, 2.75) is 98.8 Å². The Morgan fingerprint density at radius 3 is 2.19 bits per heavy atom. The predicted molar refractivity (Wildman–Crippen MR) is 136 cm³/mol. The number of rotatable bonds is 14. The Kier molecular flexibility index (Phi) is 11.1. The lowest BCUT2D eigenvalue weighted by Crippen LogP contribution is -2.07. The first-order valence-electron chi connectivity index (χ1n) is 12.7. The maximum absolute atomic E-state index is 12.3. The summed E-state index contributed by atoms with van der Waals surface area (Å²) in [6.07, 6.45) is 14.1. The number of aromatic hydroxyl groups is 1. The van der Waals surface area contributed by atoms with E-state index in [1.54, 1.807) is 18.2 Å². The van der Waals surface area contributed by atoms with Crippen molar-refractivity contribution in [2.24, 2.45) is 17.8 Å². The zero-order chi connectivity index (χ0) is 23.5. The highest BCUT2D eigenvalue weighted by atomic mass is 16.4. The van der Waals surface area contributed by atoms with Crippen LogP contribution in [-0.4, -0.2) is 5.11 Å². The lowest BCUT2D eigenvalue weighted by atomic mass is 9.91. The summed E-state index contributed by atoms with van der Waals surface area (Å²) in [5, 5.41) is 11.1. The molecule has 0 saturated carbocycles. The van der Waals surface area contributed by atoms with Crippen LogP contribution in [0.5, 0.6) is 5.75 Å². The molecule has 3 heteroatoms. The van der Waals surface area contributed by atoms with E-state index >= 15 is 0 Å². The van der Waals surface area contributed by atoms with Gasteiger partial charge in [-0.25, -0.2) is 4.79 Å². The molecule has 0 fully saturated rings. The molecule has 3 nitrogen and oxygen atoms in total. The third-order valence-electron chi connectivity index (χ3n) is 6.67. The summed E-state index contributed by atoms with van der Waals surface area (Å²) in [4.78, 5) is 12.3. The first kappa shape index (κ1) is 26.2. The number of hydrogen-bond donors (Lipinski definition) is 1. The van der Waals surface area contributed by atoms with Crippen molar-refractivity contribution in [1.82, 2.24) is 0 Å². The Morgan fingerprint density at radius 1 is 0.938 bits per heavy atom. The molecule has 0 spiro atoms. The van der Waals surface area contributed by atoms with Crippen molar-refractivity contribution in [1.29, 1.82) is 0 Å². The summed E-state index contributed by atoms with van der Waals surface area (Å²) in [5.74, 6) is 2.50. The smallest absolute Gasteiger partial charge is 0.343 e. The van der Waals surface area contributed by atoms with E-state index in [0.717, 1.165) is 24.2 Å². The first-order valence-corrected chi connectivity index (χ1v) is 12.7. The van der Waals surface area contributed by atoms with Crippen LogP contribution in [0.25, 0.3) is 11.0 Å². The molecule has 0 saturated heterocycles. The minimum absolute atomic E-state index is 0.0490. The van der Waals surface area contributed by atoms with Crippen molar-refractivity contribution < 1.29 is 9.52 Å². The molecule has 1 aromatic carbocycles. The second-order valence-electron chi connectivity index (χ2n) is 10.3. The quantitative estimate of drug-likeness (QED) is 0.237. The highest BCUT2D eigenvalue weighted by Gasteiger charge is 2.12. The predicted octanol–water partition coefficient (Wildman–Crippen LogP) is 8.43. The summed E-state index contributed by atoms with van der Waals surface area (Å²) >= 11 is 0. The highest BCUT2D eigenvalue weighted by molar-refractivity contribution is 5.83. The second-order valence-corrected chi connectivity index (χ2v) is 10.3.